The van der Waals surface area contributed by atoms with Gasteiger partial charge in [0.25, 0.3) is 5.91 Å². The minimum atomic E-state index is -0.430. The van der Waals surface area contributed by atoms with Gasteiger partial charge in [-0.25, -0.2) is 4.79 Å². The fraction of sp³-hybridized carbons (Fsp3) is 0.167. The summed E-state index contributed by atoms with van der Waals surface area (Å²) in [7, 11) is 4.32. The summed E-state index contributed by atoms with van der Waals surface area (Å²) in [6.45, 7) is 0. The molecule has 136 valence electrons. The van der Waals surface area contributed by atoms with E-state index in [1.165, 1.54) is 21.3 Å². The van der Waals surface area contributed by atoms with E-state index >= 15 is 0 Å². The molecule has 0 aliphatic heterocycles. The maximum atomic E-state index is 12.3. The molecule has 0 saturated carbocycles. The van der Waals surface area contributed by atoms with Gasteiger partial charge in [0.2, 0.25) is 0 Å². The second kappa shape index (κ2) is 8.82. The first-order chi connectivity index (χ1) is 12.5. The molecular weight excluding hydrogens is 356 g/mol. The Morgan fingerprint density at radius 2 is 1.50 bits per heavy atom. The van der Waals surface area contributed by atoms with Gasteiger partial charge in [0, 0.05) is 11.3 Å². The Bertz CT molecular complexity index is 821. The number of carbonyl (C=O) groups is 2. The first-order valence-electron chi connectivity index (χ1n) is 7.51. The predicted molar refractivity (Wildman–Crippen MR) is 101 cm³/mol. The number of carbonyl (C=O) groups excluding carboxylic acids is 2. The lowest BCUT2D eigenvalue weighted by atomic mass is 10.2. The molecule has 2 rings (SSSR count). The van der Waals surface area contributed by atoms with Crippen molar-refractivity contribution in [3.8, 4) is 11.5 Å². The number of hydrogen-bond donors (Lipinski definition) is 2. The molecule has 1 amide bonds. The summed E-state index contributed by atoms with van der Waals surface area (Å²) in [5.41, 5.74) is 1.40. The lowest BCUT2D eigenvalue weighted by Gasteiger charge is -2.12. The smallest absolute Gasteiger partial charge is 0.337 e. The van der Waals surface area contributed by atoms with E-state index in [2.05, 4.69) is 15.4 Å². The van der Waals surface area contributed by atoms with Gasteiger partial charge in [0.15, 0.2) is 16.6 Å². The van der Waals surface area contributed by atoms with Crippen LogP contribution in [0.5, 0.6) is 11.5 Å². The third-order valence-corrected chi connectivity index (χ3v) is 3.64. The third kappa shape index (κ3) is 4.70. The van der Waals surface area contributed by atoms with Crippen LogP contribution in [-0.2, 0) is 4.74 Å². The molecule has 2 aromatic carbocycles. The van der Waals surface area contributed by atoms with Crippen LogP contribution in [0.2, 0.25) is 0 Å². The van der Waals surface area contributed by atoms with Gasteiger partial charge in [-0.2, -0.15) is 0 Å². The molecule has 0 radical (unpaired) electrons. The Labute approximate surface area is 156 Å². The highest BCUT2D eigenvalue weighted by Crippen LogP contribution is 2.27. The van der Waals surface area contributed by atoms with Crippen molar-refractivity contribution in [2.45, 2.75) is 0 Å². The number of anilines is 1. The van der Waals surface area contributed by atoms with Gasteiger partial charge in [0.05, 0.1) is 26.9 Å². The monoisotopic (exact) mass is 374 g/mol. The summed E-state index contributed by atoms with van der Waals surface area (Å²) in [6, 6.07) is 11.3. The third-order valence-electron chi connectivity index (χ3n) is 3.44. The zero-order valence-corrected chi connectivity index (χ0v) is 15.3. The van der Waals surface area contributed by atoms with Crippen LogP contribution in [0.25, 0.3) is 0 Å². The van der Waals surface area contributed by atoms with Crippen LogP contribution in [0.3, 0.4) is 0 Å². The molecule has 0 bridgehead atoms. The van der Waals surface area contributed by atoms with E-state index in [0.29, 0.717) is 28.3 Å². The summed E-state index contributed by atoms with van der Waals surface area (Å²) in [6.07, 6.45) is 0. The fourth-order valence-corrected chi connectivity index (χ4v) is 2.33. The quantitative estimate of drug-likeness (QED) is 0.615. The van der Waals surface area contributed by atoms with Gasteiger partial charge in [-0.05, 0) is 54.7 Å². The van der Waals surface area contributed by atoms with E-state index in [-0.39, 0.29) is 5.11 Å². The second-order valence-electron chi connectivity index (χ2n) is 5.05. The van der Waals surface area contributed by atoms with Crippen molar-refractivity contribution in [1.82, 2.24) is 5.32 Å². The van der Waals surface area contributed by atoms with Gasteiger partial charge >= 0.3 is 5.97 Å². The summed E-state index contributed by atoms with van der Waals surface area (Å²) < 4.78 is 14.9. The van der Waals surface area contributed by atoms with E-state index in [1.807, 2.05) is 0 Å². The van der Waals surface area contributed by atoms with E-state index in [0.717, 1.165) is 0 Å². The van der Waals surface area contributed by atoms with E-state index in [1.54, 1.807) is 42.5 Å². The van der Waals surface area contributed by atoms with Gasteiger partial charge < -0.3 is 19.5 Å². The molecule has 0 aliphatic rings. The van der Waals surface area contributed by atoms with E-state index in [4.69, 9.17) is 21.7 Å². The molecule has 0 aromatic heterocycles. The summed E-state index contributed by atoms with van der Waals surface area (Å²) in [5, 5.41) is 5.57. The molecule has 8 heteroatoms. The van der Waals surface area contributed by atoms with Crippen molar-refractivity contribution in [1.29, 1.82) is 0 Å². The molecule has 2 aromatic rings. The largest absolute Gasteiger partial charge is 0.493 e. The van der Waals surface area contributed by atoms with Crippen LogP contribution in [0.15, 0.2) is 42.5 Å². The Morgan fingerprint density at radius 1 is 0.885 bits per heavy atom. The van der Waals surface area contributed by atoms with E-state index in [9.17, 15) is 9.59 Å². The maximum absolute atomic E-state index is 12.3. The van der Waals surface area contributed by atoms with Crippen LogP contribution in [0.4, 0.5) is 5.69 Å². The van der Waals surface area contributed by atoms with Crippen molar-refractivity contribution in [2.75, 3.05) is 26.6 Å². The molecule has 0 aliphatic carbocycles. The summed E-state index contributed by atoms with van der Waals surface area (Å²) >= 11 is 5.14. The van der Waals surface area contributed by atoms with Crippen LogP contribution >= 0.6 is 12.2 Å². The van der Waals surface area contributed by atoms with Crippen LogP contribution < -0.4 is 20.1 Å². The fourth-order valence-electron chi connectivity index (χ4n) is 2.12. The van der Waals surface area contributed by atoms with Gasteiger partial charge in [-0.3, -0.25) is 10.1 Å². The number of rotatable bonds is 5. The minimum Gasteiger partial charge on any atom is -0.493 e. The van der Waals surface area contributed by atoms with Crippen molar-refractivity contribution in [3.63, 3.8) is 0 Å². The van der Waals surface area contributed by atoms with Gasteiger partial charge in [-0.1, -0.05) is 0 Å². The highest BCUT2D eigenvalue weighted by atomic mass is 32.1. The molecule has 2 N–H and O–H groups in total. The first kappa shape index (κ1) is 19.2. The van der Waals surface area contributed by atoms with Gasteiger partial charge in [0.1, 0.15) is 0 Å². The topological polar surface area (TPSA) is 85.9 Å². The molecule has 0 unspecified atom stereocenters. The Balaban J connectivity index is 2.01. The number of benzene rings is 2. The predicted octanol–water partition coefficient (Wildman–Crippen LogP) is 2.62. The average molecular weight is 374 g/mol. The first-order valence-corrected chi connectivity index (χ1v) is 7.92. The van der Waals surface area contributed by atoms with Crippen molar-refractivity contribution in [3.05, 3.63) is 53.6 Å². The molecule has 0 saturated heterocycles. The summed E-state index contributed by atoms with van der Waals surface area (Å²) in [5.74, 6) is 0.142. The zero-order valence-electron chi connectivity index (χ0n) is 14.5. The van der Waals surface area contributed by atoms with Gasteiger partial charge in [-0.15, -0.1) is 0 Å². The molecule has 0 heterocycles. The Kier molecular flexibility index (Phi) is 6.51. The number of esters is 1. The molecular formula is C18H18N2O5S. The van der Waals surface area contributed by atoms with Crippen molar-refractivity contribution >= 4 is 34.9 Å². The average Bonchev–Trinajstić information content (AvgIpc) is 2.67. The van der Waals surface area contributed by atoms with Crippen molar-refractivity contribution < 1.29 is 23.8 Å². The number of ether oxygens (including phenoxy) is 3. The van der Waals surface area contributed by atoms with Crippen LogP contribution in [0, 0.1) is 0 Å². The standard InChI is InChI=1S/C18H18N2O5S/c1-23-14-9-6-12(10-15(14)24-2)16(21)20-18(26)19-13-7-4-11(5-8-13)17(22)25-3/h4-10H,1-3H3,(H2,19,20,21,26). The molecule has 26 heavy (non-hydrogen) atoms. The number of hydrogen-bond acceptors (Lipinski definition) is 6. The Morgan fingerprint density at radius 3 is 2.08 bits per heavy atom. The number of thiocarbonyl (C=S) groups is 1. The second-order valence-corrected chi connectivity index (χ2v) is 5.46. The summed E-state index contributed by atoms with van der Waals surface area (Å²) in [4.78, 5) is 23.7. The number of amides is 1. The minimum absolute atomic E-state index is 0.121. The van der Waals surface area contributed by atoms with Crippen LogP contribution in [-0.4, -0.2) is 38.3 Å². The normalized spacial score (nSPS) is 9.81. The molecule has 7 nitrogen and oxygen atoms in total. The lowest BCUT2D eigenvalue weighted by Crippen LogP contribution is -2.34. The SMILES string of the molecule is COC(=O)c1ccc(NC(=S)NC(=O)c2ccc(OC)c(OC)c2)cc1. The zero-order chi connectivity index (χ0) is 19.1. The highest BCUT2D eigenvalue weighted by molar-refractivity contribution is 7.80. The molecule has 0 atom stereocenters. The number of nitrogens with one attached hydrogen (secondary N) is 2. The molecule has 0 spiro atoms. The maximum Gasteiger partial charge on any atom is 0.337 e. The highest BCUT2D eigenvalue weighted by Gasteiger charge is 2.12. The molecule has 0 fully saturated rings. The van der Waals surface area contributed by atoms with Crippen molar-refractivity contribution in [2.24, 2.45) is 0 Å². The van der Waals surface area contributed by atoms with Crippen LogP contribution in [0.1, 0.15) is 20.7 Å². The lowest BCUT2D eigenvalue weighted by molar-refractivity contribution is 0.0600. The number of methoxy groups -OCH3 is 3. The van der Waals surface area contributed by atoms with E-state index < -0.39 is 11.9 Å². The Hall–Kier alpha value is -3.13.